The van der Waals surface area contributed by atoms with E-state index in [9.17, 15) is 4.79 Å². The Balaban J connectivity index is 1.32. The summed E-state index contributed by atoms with van der Waals surface area (Å²) in [6.45, 7) is 0.366. The van der Waals surface area contributed by atoms with Crippen LogP contribution in [0.1, 0.15) is 48.4 Å². The van der Waals surface area contributed by atoms with E-state index >= 15 is 0 Å². The van der Waals surface area contributed by atoms with Gasteiger partial charge in [0.25, 0.3) is 0 Å². The number of hydrogen-bond acceptors (Lipinski definition) is 5. The molecule has 0 radical (unpaired) electrons. The quantitative estimate of drug-likeness (QED) is 0.532. The van der Waals surface area contributed by atoms with E-state index in [4.69, 9.17) is 14.7 Å². The Labute approximate surface area is 187 Å². The number of benzene rings is 2. The van der Waals surface area contributed by atoms with Gasteiger partial charge in [0.15, 0.2) is 11.5 Å². The average molecular weight is 431 g/mol. The lowest BCUT2D eigenvalue weighted by Gasteiger charge is -2.27. The van der Waals surface area contributed by atoms with E-state index in [0.717, 1.165) is 19.3 Å². The number of aromatic nitrogens is 2. The number of methoxy groups -OCH3 is 1. The minimum absolute atomic E-state index is 0.0776. The fraction of sp³-hybridized carbons (Fsp3) is 0.320. The summed E-state index contributed by atoms with van der Waals surface area (Å²) in [6.07, 6.45) is 5.79. The molecule has 0 saturated heterocycles. The highest BCUT2D eigenvalue weighted by atomic mass is 16.5. The second-order valence-electron chi connectivity index (χ2n) is 7.75. The van der Waals surface area contributed by atoms with Gasteiger partial charge in [-0.25, -0.2) is 4.68 Å². The molecule has 3 aromatic rings. The highest BCUT2D eigenvalue weighted by molar-refractivity contribution is 5.89. The molecule has 2 aromatic carbocycles. The Morgan fingerprint density at radius 2 is 2.12 bits per heavy atom. The number of hydrogen-bond donors (Lipinski definition) is 1. The van der Waals surface area contributed by atoms with Crippen LogP contribution in [0, 0.1) is 11.3 Å². The molecule has 0 saturated carbocycles. The molecule has 1 aliphatic carbocycles. The van der Waals surface area contributed by atoms with Crippen LogP contribution in [0.4, 0.5) is 5.82 Å². The Morgan fingerprint density at radius 3 is 2.97 bits per heavy atom. The van der Waals surface area contributed by atoms with Crippen molar-refractivity contribution in [2.45, 2.75) is 38.1 Å². The summed E-state index contributed by atoms with van der Waals surface area (Å²) in [5.74, 6) is 1.70. The van der Waals surface area contributed by atoms with Crippen LogP contribution in [0.3, 0.4) is 0 Å². The van der Waals surface area contributed by atoms with Crippen LogP contribution in [0.25, 0.3) is 0 Å². The first-order valence-corrected chi connectivity index (χ1v) is 10.8. The van der Waals surface area contributed by atoms with Crippen LogP contribution in [0.2, 0.25) is 0 Å². The van der Waals surface area contributed by atoms with Gasteiger partial charge in [0.1, 0.15) is 5.82 Å². The lowest BCUT2D eigenvalue weighted by atomic mass is 9.88. The predicted molar refractivity (Wildman–Crippen MR) is 121 cm³/mol. The summed E-state index contributed by atoms with van der Waals surface area (Å²) in [4.78, 5) is 12.5. The highest BCUT2D eigenvalue weighted by Gasteiger charge is 2.24. The maximum atomic E-state index is 12.5. The molecule has 0 fully saturated rings. The van der Waals surface area contributed by atoms with Gasteiger partial charge in [-0.3, -0.25) is 4.79 Å². The summed E-state index contributed by atoms with van der Waals surface area (Å²) in [7, 11) is 1.53. The van der Waals surface area contributed by atoms with Crippen molar-refractivity contribution < 1.29 is 14.3 Å². The maximum Gasteiger partial charge on any atom is 0.225 e. The molecular formula is C25H26N4O3. The van der Waals surface area contributed by atoms with Crippen molar-refractivity contribution in [3.05, 3.63) is 71.4 Å². The van der Waals surface area contributed by atoms with Crippen LogP contribution in [-0.4, -0.2) is 29.4 Å². The normalized spacial score (nSPS) is 14.8. The first-order chi connectivity index (χ1) is 15.7. The number of nitrogens with zero attached hydrogens (tertiary/aromatic N) is 3. The number of nitrogens with one attached hydrogen (secondary N) is 1. The molecule has 1 N–H and O–H groups in total. The van der Waals surface area contributed by atoms with Gasteiger partial charge in [0, 0.05) is 18.6 Å². The maximum absolute atomic E-state index is 12.5. The van der Waals surface area contributed by atoms with Crippen LogP contribution in [0.5, 0.6) is 11.5 Å². The van der Waals surface area contributed by atoms with Crippen molar-refractivity contribution in [2.24, 2.45) is 0 Å². The van der Waals surface area contributed by atoms with Gasteiger partial charge in [-0.2, -0.15) is 10.4 Å². The third kappa shape index (κ3) is 4.75. The molecular weight excluding hydrogens is 404 g/mol. The first kappa shape index (κ1) is 21.4. The Hall–Kier alpha value is -3.79. The molecule has 7 heteroatoms. The number of carbonyl (C=O) groups is 1. The highest BCUT2D eigenvalue weighted by Crippen LogP contribution is 2.34. The summed E-state index contributed by atoms with van der Waals surface area (Å²) >= 11 is 0. The SMILES string of the molecule is COc1cc(C#N)ccc1OCCCC(=O)Nc1ccnn1C1CCCc2ccccc21. The molecule has 7 nitrogen and oxygen atoms in total. The smallest absolute Gasteiger partial charge is 0.225 e. The first-order valence-electron chi connectivity index (χ1n) is 10.8. The number of carbonyl (C=O) groups excluding carboxylic acids is 1. The zero-order valence-corrected chi connectivity index (χ0v) is 18.1. The molecule has 32 heavy (non-hydrogen) atoms. The van der Waals surface area contributed by atoms with E-state index in [1.54, 1.807) is 24.4 Å². The lowest BCUT2D eigenvalue weighted by molar-refractivity contribution is -0.116. The van der Waals surface area contributed by atoms with Crippen LogP contribution < -0.4 is 14.8 Å². The Bertz CT molecular complexity index is 1130. The molecule has 1 heterocycles. The van der Waals surface area contributed by atoms with Gasteiger partial charge in [0.2, 0.25) is 5.91 Å². The molecule has 0 aliphatic heterocycles. The summed E-state index contributed by atoms with van der Waals surface area (Å²) < 4.78 is 12.9. The zero-order valence-electron chi connectivity index (χ0n) is 18.1. The van der Waals surface area contributed by atoms with E-state index in [0.29, 0.717) is 42.3 Å². The zero-order chi connectivity index (χ0) is 22.3. The Kier molecular flexibility index (Phi) is 6.71. The van der Waals surface area contributed by atoms with Crippen molar-refractivity contribution in [3.63, 3.8) is 0 Å². The van der Waals surface area contributed by atoms with Crippen LogP contribution >= 0.6 is 0 Å². The minimum atomic E-state index is -0.0776. The van der Waals surface area contributed by atoms with Gasteiger partial charge < -0.3 is 14.8 Å². The number of amides is 1. The third-order valence-electron chi connectivity index (χ3n) is 5.67. The van der Waals surface area contributed by atoms with Gasteiger partial charge in [-0.1, -0.05) is 24.3 Å². The monoisotopic (exact) mass is 430 g/mol. The third-order valence-corrected chi connectivity index (χ3v) is 5.67. The van der Waals surface area contributed by atoms with Gasteiger partial charge in [0.05, 0.1) is 37.6 Å². The van der Waals surface area contributed by atoms with E-state index in [1.165, 1.54) is 18.2 Å². The molecule has 0 bridgehead atoms. The molecule has 1 atom stereocenters. The van der Waals surface area contributed by atoms with Crippen LogP contribution in [0.15, 0.2) is 54.7 Å². The van der Waals surface area contributed by atoms with E-state index in [1.807, 2.05) is 10.7 Å². The summed E-state index contributed by atoms with van der Waals surface area (Å²) in [5.41, 5.74) is 3.14. The molecule has 1 aliphatic rings. The molecule has 1 aromatic heterocycles. The number of fused-ring (bicyclic) bond motifs is 1. The number of rotatable bonds is 8. The number of anilines is 1. The van der Waals surface area contributed by atoms with E-state index in [-0.39, 0.29) is 11.9 Å². The number of aryl methyl sites for hydroxylation is 1. The predicted octanol–water partition coefficient (Wildman–Crippen LogP) is 4.49. The van der Waals surface area contributed by atoms with Crippen molar-refractivity contribution in [1.82, 2.24) is 9.78 Å². The number of ether oxygens (including phenoxy) is 2. The largest absolute Gasteiger partial charge is 0.493 e. The van der Waals surface area contributed by atoms with Crippen molar-refractivity contribution >= 4 is 11.7 Å². The van der Waals surface area contributed by atoms with Gasteiger partial charge >= 0.3 is 0 Å². The average Bonchev–Trinajstić information content (AvgIpc) is 3.29. The molecule has 164 valence electrons. The van der Waals surface area contributed by atoms with Gasteiger partial charge in [-0.05, 0) is 48.9 Å². The van der Waals surface area contributed by atoms with Crippen LogP contribution in [-0.2, 0) is 11.2 Å². The number of nitriles is 1. The van der Waals surface area contributed by atoms with Crippen molar-refractivity contribution in [3.8, 4) is 17.6 Å². The topological polar surface area (TPSA) is 89.2 Å². The minimum Gasteiger partial charge on any atom is -0.493 e. The lowest BCUT2D eigenvalue weighted by Crippen LogP contribution is -2.22. The van der Waals surface area contributed by atoms with E-state index < -0.39 is 0 Å². The molecule has 1 amide bonds. The summed E-state index contributed by atoms with van der Waals surface area (Å²) in [5, 5.41) is 16.5. The molecule has 1 unspecified atom stereocenters. The van der Waals surface area contributed by atoms with E-state index in [2.05, 4.69) is 40.8 Å². The fourth-order valence-corrected chi connectivity index (χ4v) is 4.12. The van der Waals surface area contributed by atoms with Crippen molar-refractivity contribution in [2.75, 3.05) is 19.0 Å². The standard InChI is InChI=1S/C25H26N4O3/c1-31-23-16-18(17-26)11-12-22(23)32-15-5-10-25(30)28-24-13-14-27-29(24)21-9-4-7-19-6-2-3-8-20(19)21/h2-3,6,8,11-14,16,21H,4-5,7,9-10,15H2,1H3,(H,28,30). The van der Waals surface area contributed by atoms with Crippen molar-refractivity contribution in [1.29, 1.82) is 5.26 Å². The Morgan fingerprint density at radius 1 is 1.25 bits per heavy atom. The van der Waals surface area contributed by atoms with Gasteiger partial charge in [-0.15, -0.1) is 0 Å². The molecule has 0 spiro atoms. The fourth-order valence-electron chi connectivity index (χ4n) is 4.12. The second kappa shape index (κ2) is 10.0. The molecule has 4 rings (SSSR count). The summed E-state index contributed by atoms with van der Waals surface area (Å²) in [6, 6.07) is 17.5. The second-order valence-corrected chi connectivity index (χ2v) is 7.75.